The zero-order chi connectivity index (χ0) is 10.7. The lowest BCUT2D eigenvalue weighted by molar-refractivity contribution is -0.428. The molecule has 0 unspecified atom stereocenters. The minimum atomic E-state index is 0.576. The minimum absolute atomic E-state index is 0.576. The van der Waals surface area contributed by atoms with Crippen molar-refractivity contribution in [2.75, 3.05) is 38.3 Å². The van der Waals surface area contributed by atoms with Crippen molar-refractivity contribution < 1.29 is 9.50 Å². The minimum Gasteiger partial charge on any atom is -0.378 e. The number of morpholine rings is 1. The lowest BCUT2D eigenvalue weighted by atomic mass is 10.3. The van der Waals surface area contributed by atoms with E-state index < -0.39 is 0 Å². The molecule has 0 radical (unpaired) electrons. The monoisotopic (exact) mass is 208 g/mol. The summed E-state index contributed by atoms with van der Waals surface area (Å²) < 4.78 is 6.06. The van der Waals surface area contributed by atoms with E-state index in [0.717, 1.165) is 36.9 Å². The average molecular weight is 208 g/mol. The summed E-state index contributed by atoms with van der Waals surface area (Å²) in [6.07, 6.45) is 1.60. The Bertz CT molecular complexity index is 344. The highest BCUT2D eigenvalue weighted by atomic mass is 16.5. The van der Waals surface area contributed by atoms with E-state index in [0.29, 0.717) is 5.69 Å². The van der Waals surface area contributed by atoms with Gasteiger partial charge in [-0.2, -0.15) is 0 Å². The number of nitroso groups, excluding NO2 is 1. The van der Waals surface area contributed by atoms with Crippen molar-refractivity contribution in [1.82, 2.24) is 4.98 Å². The quantitative estimate of drug-likeness (QED) is 0.679. The Labute approximate surface area is 88.2 Å². The van der Waals surface area contributed by atoms with Gasteiger partial charge in [-0.1, -0.05) is 0 Å². The van der Waals surface area contributed by atoms with E-state index in [1.165, 1.54) is 7.05 Å². The van der Waals surface area contributed by atoms with E-state index in [1.807, 2.05) is 6.07 Å². The van der Waals surface area contributed by atoms with Crippen LogP contribution in [-0.4, -0.2) is 43.1 Å². The van der Waals surface area contributed by atoms with E-state index in [2.05, 4.69) is 9.88 Å². The van der Waals surface area contributed by atoms with Gasteiger partial charge >= 0.3 is 0 Å². The van der Waals surface area contributed by atoms with E-state index >= 15 is 0 Å². The molecular formula is C10H14N3O2+. The SMILES string of the molecule is C[N+](=O)c1ccc(N2CCOCC2)nc1. The molecule has 0 saturated carbocycles. The Balaban J connectivity index is 2.11. The van der Waals surface area contributed by atoms with Gasteiger partial charge in [-0.05, 0) is 6.07 Å². The van der Waals surface area contributed by atoms with Gasteiger partial charge < -0.3 is 9.64 Å². The van der Waals surface area contributed by atoms with Crippen LogP contribution in [0.3, 0.4) is 0 Å². The molecular weight excluding hydrogens is 194 g/mol. The van der Waals surface area contributed by atoms with Gasteiger partial charge in [-0.25, -0.2) is 4.98 Å². The number of anilines is 1. The lowest BCUT2D eigenvalue weighted by Crippen LogP contribution is -2.36. The van der Waals surface area contributed by atoms with Crippen LogP contribution < -0.4 is 4.90 Å². The molecule has 5 heteroatoms. The molecule has 0 bridgehead atoms. The van der Waals surface area contributed by atoms with Gasteiger partial charge in [0.2, 0.25) is 0 Å². The summed E-state index contributed by atoms with van der Waals surface area (Å²) in [6, 6.07) is 3.65. The molecule has 80 valence electrons. The first-order valence-corrected chi connectivity index (χ1v) is 4.97. The standard InChI is InChI=1S/C10H14N3O2/c1-12(14)9-2-3-10(11-8-9)13-4-6-15-7-5-13/h2-3,8H,4-7H2,1H3/q+1. The third kappa shape index (κ3) is 2.30. The van der Waals surface area contributed by atoms with E-state index in [1.54, 1.807) is 12.3 Å². The van der Waals surface area contributed by atoms with Crippen LogP contribution in [0.15, 0.2) is 18.3 Å². The molecule has 0 aliphatic carbocycles. The van der Waals surface area contributed by atoms with Gasteiger partial charge in [-0.3, -0.25) is 0 Å². The van der Waals surface area contributed by atoms with Gasteiger partial charge in [0.15, 0.2) is 7.05 Å². The third-order valence-electron chi connectivity index (χ3n) is 2.43. The highest BCUT2D eigenvalue weighted by Crippen LogP contribution is 2.16. The van der Waals surface area contributed by atoms with Crippen LogP contribution in [0.2, 0.25) is 0 Å². The number of rotatable bonds is 2. The largest absolute Gasteiger partial charge is 0.378 e. The van der Waals surface area contributed by atoms with Crippen LogP contribution in [0.4, 0.5) is 11.5 Å². The first-order valence-electron chi connectivity index (χ1n) is 4.97. The normalized spacial score (nSPS) is 16.5. The van der Waals surface area contributed by atoms with E-state index in [4.69, 9.17) is 4.74 Å². The predicted octanol–water partition coefficient (Wildman–Crippen LogP) is 0.958. The molecule has 0 spiro atoms. The summed E-state index contributed by atoms with van der Waals surface area (Å²) in [5.41, 5.74) is 0.576. The van der Waals surface area contributed by atoms with Gasteiger partial charge in [0, 0.05) is 28.8 Å². The molecule has 1 aliphatic heterocycles. The van der Waals surface area contributed by atoms with Crippen molar-refractivity contribution in [1.29, 1.82) is 0 Å². The number of hydrogen-bond donors (Lipinski definition) is 0. The van der Waals surface area contributed by atoms with Crippen molar-refractivity contribution >= 4 is 11.5 Å². The van der Waals surface area contributed by atoms with Crippen molar-refractivity contribution in [3.63, 3.8) is 0 Å². The van der Waals surface area contributed by atoms with Crippen LogP contribution in [0.25, 0.3) is 0 Å². The molecule has 0 amide bonds. The molecule has 1 aliphatic rings. The highest BCUT2D eigenvalue weighted by molar-refractivity contribution is 5.42. The first-order chi connectivity index (χ1) is 7.27. The molecule has 2 rings (SSSR count). The molecule has 2 heterocycles. The van der Waals surface area contributed by atoms with Crippen LogP contribution in [0.1, 0.15) is 0 Å². The summed E-state index contributed by atoms with van der Waals surface area (Å²) in [5, 5.41) is 0. The van der Waals surface area contributed by atoms with Crippen LogP contribution in [-0.2, 0) is 4.74 Å². The maximum absolute atomic E-state index is 11.0. The summed E-state index contributed by atoms with van der Waals surface area (Å²) in [5.74, 6) is 0.906. The van der Waals surface area contributed by atoms with Crippen molar-refractivity contribution in [2.24, 2.45) is 0 Å². The molecule has 0 N–H and O–H groups in total. The van der Waals surface area contributed by atoms with Gasteiger partial charge in [0.25, 0.3) is 5.69 Å². The number of hydrogen-bond acceptors (Lipinski definition) is 4. The fraction of sp³-hybridized carbons (Fsp3) is 0.500. The molecule has 15 heavy (non-hydrogen) atoms. The molecule has 1 saturated heterocycles. The zero-order valence-electron chi connectivity index (χ0n) is 8.72. The van der Waals surface area contributed by atoms with Crippen LogP contribution in [0, 0.1) is 4.91 Å². The molecule has 1 aromatic rings. The topological polar surface area (TPSA) is 45.4 Å². The number of ether oxygens (including phenoxy) is 1. The Morgan fingerprint density at radius 3 is 2.67 bits per heavy atom. The van der Waals surface area contributed by atoms with Gasteiger partial charge in [0.05, 0.1) is 13.2 Å². The molecule has 0 aromatic carbocycles. The van der Waals surface area contributed by atoms with Crippen molar-refractivity contribution in [3.8, 4) is 0 Å². The summed E-state index contributed by atoms with van der Waals surface area (Å²) in [6.45, 7) is 3.20. The number of pyridine rings is 1. The second kappa shape index (κ2) is 4.35. The first kappa shape index (κ1) is 10.0. The summed E-state index contributed by atoms with van der Waals surface area (Å²) in [4.78, 5) is 17.4. The molecule has 1 aromatic heterocycles. The third-order valence-corrected chi connectivity index (χ3v) is 2.43. The number of nitrogens with zero attached hydrogens (tertiary/aromatic N) is 3. The summed E-state index contributed by atoms with van der Waals surface area (Å²) >= 11 is 0. The Kier molecular flexibility index (Phi) is 2.91. The highest BCUT2D eigenvalue weighted by Gasteiger charge is 2.13. The maximum atomic E-state index is 11.0. The fourth-order valence-corrected chi connectivity index (χ4v) is 1.54. The lowest BCUT2D eigenvalue weighted by Gasteiger charge is -2.27. The number of aromatic nitrogens is 1. The Hall–Kier alpha value is -1.49. The van der Waals surface area contributed by atoms with Crippen LogP contribution in [0.5, 0.6) is 0 Å². The van der Waals surface area contributed by atoms with Crippen molar-refractivity contribution in [3.05, 3.63) is 23.2 Å². The predicted molar refractivity (Wildman–Crippen MR) is 56.5 cm³/mol. The molecule has 0 atom stereocenters. The van der Waals surface area contributed by atoms with Gasteiger partial charge in [0.1, 0.15) is 12.0 Å². The zero-order valence-corrected chi connectivity index (χ0v) is 8.72. The van der Waals surface area contributed by atoms with Crippen LogP contribution >= 0.6 is 0 Å². The average Bonchev–Trinajstić information content (AvgIpc) is 2.30. The van der Waals surface area contributed by atoms with E-state index in [9.17, 15) is 4.91 Å². The Morgan fingerprint density at radius 1 is 1.40 bits per heavy atom. The second-order valence-electron chi connectivity index (χ2n) is 3.47. The fourth-order valence-electron chi connectivity index (χ4n) is 1.54. The summed E-state index contributed by atoms with van der Waals surface area (Å²) in [7, 11) is 1.46. The van der Waals surface area contributed by atoms with Gasteiger partial charge in [-0.15, -0.1) is 0 Å². The smallest absolute Gasteiger partial charge is 0.273 e. The second-order valence-corrected chi connectivity index (χ2v) is 3.47. The maximum Gasteiger partial charge on any atom is 0.273 e. The van der Waals surface area contributed by atoms with Crippen molar-refractivity contribution in [2.45, 2.75) is 0 Å². The van der Waals surface area contributed by atoms with E-state index in [-0.39, 0.29) is 0 Å². The Morgan fingerprint density at radius 2 is 2.13 bits per heavy atom. The molecule has 1 fully saturated rings. The molecule has 5 nitrogen and oxygen atoms in total.